The minimum atomic E-state index is -4.78. The van der Waals surface area contributed by atoms with Crippen molar-refractivity contribution in [2.45, 2.75) is 26.0 Å². The Hall–Kier alpha value is -4.93. The number of carbonyl (C=O) groups excluding carboxylic acids is 2. The quantitative estimate of drug-likeness (QED) is 0.210. The van der Waals surface area contributed by atoms with E-state index in [1.165, 1.54) is 47.3 Å². The number of carbonyl (C=O) groups is 2. The van der Waals surface area contributed by atoms with Gasteiger partial charge in [-0.3, -0.25) is 14.5 Å². The highest BCUT2D eigenvalue weighted by Crippen LogP contribution is 2.33. The molecule has 12 nitrogen and oxygen atoms in total. The number of halogens is 3. The van der Waals surface area contributed by atoms with Gasteiger partial charge in [0.1, 0.15) is 23.9 Å². The Morgan fingerprint density at radius 3 is 2.46 bits per heavy atom. The van der Waals surface area contributed by atoms with Gasteiger partial charge in [-0.1, -0.05) is 42.1 Å². The van der Waals surface area contributed by atoms with Gasteiger partial charge in [-0.05, 0) is 42.8 Å². The first-order valence-corrected chi connectivity index (χ1v) is 14.6. The van der Waals surface area contributed by atoms with E-state index in [1.54, 1.807) is 56.5 Å². The zero-order chi connectivity index (χ0) is 32.8. The maximum Gasteiger partial charge on any atom is 0.573 e. The second-order valence-corrected chi connectivity index (χ2v) is 10.6. The molecule has 16 heteroatoms. The fourth-order valence-corrected chi connectivity index (χ4v) is 5.24. The molecule has 1 saturated heterocycles. The molecule has 0 aliphatic carbocycles. The highest BCUT2D eigenvalue weighted by molar-refractivity contribution is 8.15. The number of aromatic nitrogens is 3. The summed E-state index contributed by atoms with van der Waals surface area (Å²) in [5.41, 5.74) is 5.43. The lowest BCUT2D eigenvalue weighted by molar-refractivity contribution is -0.274. The van der Waals surface area contributed by atoms with Crippen molar-refractivity contribution in [3.05, 3.63) is 84.2 Å². The topological polar surface area (TPSA) is 129 Å². The van der Waals surface area contributed by atoms with Crippen molar-refractivity contribution in [1.82, 2.24) is 20.2 Å². The van der Waals surface area contributed by atoms with Gasteiger partial charge in [0.15, 0.2) is 11.0 Å². The Morgan fingerprint density at radius 1 is 1.07 bits per heavy atom. The minimum absolute atomic E-state index is 0.107. The molecule has 1 aromatic heterocycles. The first kappa shape index (κ1) is 32.5. The lowest BCUT2D eigenvalue weighted by Crippen LogP contribution is -2.32. The zero-order valence-corrected chi connectivity index (χ0v) is 25.5. The average Bonchev–Trinajstić information content (AvgIpc) is 3.67. The molecule has 1 aliphatic heterocycles. The van der Waals surface area contributed by atoms with Crippen LogP contribution in [-0.4, -0.2) is 58.2 Å². The van der Waals surface area contributed by atoms with E-state index in [2.05, 4.69) is 25.3 Å². The molecule has 5 rings (SSSR count). The van der Waals surface area contributed by atoms with Crippen molar-refractivity contribution in [3.63, 3.8) is 0 Å². The third-order valence-corrected chi connectivity index (χ3v) is 7.51. The van der Waals surface area contributed by atoms with E-state index in [0.29, 0.717) is 28.5 Å². The number of hydroxylamine groups is 1. The molecular formula is C30H27F3N6O6S. The number of anilines is 1. The number of ether oxygens (including phenoxy) is 3. The van der Waals surface area contributed by atoms with Crippen LogP contribution >= 0.6 is 11.8 Å². The van der Waals surface area contributed by atoms with E-state index in [0.717, 1.165) is 22.9 Å². The smallest absolute Gasteiger partial charge is 0.497 e. The van der Waals surface area contributed by atoms with Crippen LogP contribution in [0.4, 0.5) is 23.7 Å². The van der Waals surface area contributed by atoms with Crippen molar-refractivity contribution < 1.29 is 41.8 Å². The van der Waals surface area contributed by atoms with Crippen LogP contribution < -0.4 is 19.9 Å². The number of hydrogen-bond acceptors (Lipinski definition) is 9. The molecule has 1 aliphatic rings. The molecule has 1 fully saturated rings. The first-order chi connectivity index (χ1) is 22.0. The SMILES string of the molecule is COCc1ccc(OC)cc1N1C(=O)CSC1=NC(=O)NOC(C)c1ccc(-c2ncn(-c3ccc(OC(F)(F)F)cc3)n2)cc1. The van der Waals surface area contributed by atoms with Crippen molar-refractivity contribution in [2.24, 2.45) is 4.99 Å². The third kappa shape index (κ3) is 7.82. The zero-order valence-electron chi connectivity index (χ0n) is 24.6. The fraction of sp³-hybridized carbons (Fsp3) is 0.233. The molecule has 3 aromatic carbocycles. The first-order valence-electron chi connectivity index (χ1n) is 13.6. The fourth-order valence-electron chi connectivity index (χ4n) is 4.38. The number of amidine groups is 1. The summed E-state index contributed by atoms with van der Waals surface area (Å²) in [5.74, 6) is 0.438. The third-order valence-electron chi connectivity index (χ3n) is 6.58. The number of nitrogens with zero attached hydrogens (tertiary/aromatic N) is 5. The van der Waals surface area contributed by atoms with Gasteiger partial charge in [0.2, 0.25) is 5.91 Å². The van der Waals surface area contributed by atoms with Crippen LogP contribution in [0, 0.1) is 0 Å². The van der Waals surface area contributed by atoms with Gasteiger partial charge in [-0.15, -0.1) is 18.3 Å². The lowest BCUT2D eigenvalue weighted by Gasteiger charge is -2.20. The van der Waals surface area contributed by atoms with E-state index in [4.69, 9.17) is 14.3 Å². The van der Waals surface area contributed by atoms with Crippen molar-refractivity contribution >= 4 is 34.6 Å². The summed E-state index contributed by atoms with van der Waals surface area (Å²) in [5, 5.41) is 4.58. The Morgan fingerprint density at radius 2 is 1.78 bits per heavy atom. The number of aliphatic imine (C=N–C) groups is 1. The molecule has 1 unspecified atom stereocenters. The summed E-state index contributed by atoms with van der Waals surface area (Å²) in [6.45, 7) is 1.97. The molecule has 0 spiro atoms. The molecule has 240 valence electrons. The number of thioether (sulfide) groups is 1. The van der Waals surface area contributed by atoms with Crippen LogP contribution in [0.3, 0.4) is 0 Å². The number of rotatable bonds is 10. The molecule has 4 aromatic rings. The monoisotopic (exact) mass is 656 g/mol. The summed E-state index contributed by atoms with van der Waals surface area (Å²) >= 11 is 1.12. The summed E-state index contributed by atoms with van der Waals surface area (Å²) in [6, 6.07) is 16.7. The maximum absolute atomic E-state index is 12.8. The second-order valence-electron chi connectivity index (χ2n) is 9.68. The molecule has 2 heterocycles. The standard InChI is InChI=1S/C30H27F3N6O6S/c1-18(45-37-28(41)35-29-39(26(40)16-46-29)25-14-24(43-3)11-8-21(25)15-42-2)19-4-6-20(7-5-19)27-34-17-38(36-27)22-9-12-23(13-10-22)44-30(31,32)33/h4-14,17-18H,15-16H2,1-3H3,(H,37,41). The van der Waals surface area contributed by atoms with Gasteiger partial charge in [0, 0.05) is 24.3 Å². The Labute approximate surface area is 265 Å². The number of methoxy groups -OCH3 is 2. The summed E-state index contributed by atoms with van der Waals surface area (Å²) in [6.07, 6.45) is -3.90. The number of benzene rings is 3. The molecule has 1 atom stereocenters. The predicted molar refractivity (Wildman–Crippen MR) is 163 cm³/mol. The van der Waals surface area contributed by atoms with E-state index < -0.39 is 18.5 Å². The molecule has 3 amide bonds. The van der Waals surface area contributed by atoms with Crippen LogP contribution in [0.1, 0.15) is 24.2 Å². The number of urea groups is 1. The highest BCUT2D eigenvalue weighted by Gasteiger charge is 2.33. The summed E-state index contributed by atoms with van der Waals surface area (Å²) < 4.78 is 53.1. The second kappa shape index (κ2) is 14.0. The van der Waals surface area contributed by atoms with E-state index in [9.17, 15) is 22.8 Å². The molecular weight excluding hydrogens is 629 g/mol. The molecule has 0 radical (unpaired) electrons. The molecule has 46 heavy (non-hydrogen) atoms. The normalized spacial score (nSPS) is 14.9. The Kier molecular flexibility index (Phi) is 9.89. The molecule has 0 saturated carbocycles. The van der Waals surface area contributed by atoms with Gasteiger partial charge in [-0.25, -0.2) is 19.9 Å². The van der Waals surface area contributed by atoms with Crippen LogP contribution in [-0.2, 0) is 21.0 Å². The van der Waals surface area contributed by atoms with Gasteiger partial charge in [-0.2, -0.15) is 4.99 Å². The van der Waals surface area contributed by atoms with Crippen LogP contribution in [0.15, 0.2) is 78.0 Å². The van der Waals surface area contributed by atoms with E-state index in [1.807, 2.05) is 0 Å². The molecule has 0 bridgehead atoms. The number of hydrogen-bond donors (Lipinski definition) is 1. The largest absolute Gasteiger partial charge is 0.573 e. The maximum atomic E-state index is 12.8. The number of nitrogens with one attached hydrogen (secondary N) is 1. The number of amides is 3. The Balaban J connectivity index is 1.20. The van der Waals surface area contributed by atoms with Crippen LogP contribution in [0.5, 0.6) is 11.5 Å². The predicted octanol–water partition coefficient (Wildman–Crippen LogP) is 5.83. The van der Waals surface area contributed by atoms with Crippen molar-refractivity contribution in [2.75, 3.05) is 24.9 Å². The number of alkyl halides is 3. The van der Waals surface area contributed by atoms with Crippen LogP contribution in [0.2, 0.25) is 0 Å². The van der Waals surface area contributed by atoms with Crippen molar-refractivity contribution in [3.8, 4) is 28.6 Å². The minimum Gasteiger partial charge on any atom is -0.497 e. The van der Waals surface area contributed by atoms with Gasteiger partial charge in [0.25, 0.3) is 0 Å². The Bertz CT molecular complexity index is 1730. The summed E-state index contributed by atoms with van der Waals surface area (Å²) in [7, 11) is 3.06. The van der Waals surface area contributed by atoms with Gasteiger partial charge >= 0.3 is 12.4 Å². The van der Waals surface area contributed by atoms with Gasteiger partial charge in [0.05, 0.1) is 30.8 Å². The van der Waals surface area contributed by atoms with Gasteiger partial charge < -0.3 is 14.2 Å². The molecule has 1 N–H and O–H groups in total. The highest BCUT2D eigenvalue weighted by atomic mass is 32.2. The van der Waals surface area contributed by atoms with E-state index in [-0.39, 0.29) is 29.2 Å². The van der Waals surface area contributed by atoms with E-state index >= 15 is 0 Å². The summed E-state index contributed by atoms with van der Waals surface area (Å²) in [4.78, 5) is 40.7. The van der Waals surface area contributed by atoms with Crippen LogP contribution in [0.25, 0.3) is 17.1 Å². The average molecular weight is 657 g/mol. The lowest BCUT2D eigenvalue weighted by atomic mass is 10.1. The van der Waals surface area contributed by atoms with Crippen molar-refractivity contribution in [1.29, 1.82) is 0 Å².